The molecule has 2 rings (SSSR count). The first-order valence-corrected chi connectivity index (χ1v) is 5.85. The molecule has 0 aromatic carbocycles. The third-order valence-corrected chi connectivity index (χ3v) is 3.74. The molecule has 0 amide bonds. The molecule has 2 saturated carbocycles. The third-order valence-electron chi connectivity index (χ3n) is 3.74. The fraction of sp³-hybridized carbons (Fsp3) is 0.917. The number of hydrogen-bond donors (Lipinski definition) is 0. The van der Waals surface area contributed by atoms with Gasteiger partial charge in [0.05, 0.1) is 0 Å². The van der Waals surface area contributed by atoms with E-state index in [1.54, 1.807) is 0 Å². The van der Waals surface area contributed by atoms with Crippen molar-refractivity contribution in [1.29, 1.82) is 0 Å². The molecule has 0 saturated heterocycles. The van der Waals surface area contributed by atoms with Crippen molar-refractivity contribution >= 4 is 5.78 Å². The van der Waals surface area contributed by atoms with E-state index in [1.807, 2.05) is 0 Å². The van der Waals surface area contributed by atoms with Crippen molar-refractivity contribution in [1.82, 2.24) is 0 Å². The Hall–Kier alpha value is -0.330. The van der Waals surface area contributed by atoms with Gasteiger partial charge in [-0.3, -0.25) is 4.79 Å². The first kappa shape index (κ1) is 9.23. The van der Waals surface area contributed by atoms with Crippen LogP contribution in [0.15, 0.2) is 0 Å². The highest BCUT2D eigenvalue weighted by Crippen LogP contribution is 2.39. The van der Waals surface area contributed by atoms with Gasteiger partial charge in [-0.15, -0.1) is 0 Å². The van der Waals surface area contributed by atoms with E-state index in [0.717, 1.165) is 5.92 Å². The van der Waals surface area contributed by atoms with E-state index in [2.05, 4.69) is 6.92 Å². The molecule has 2 atom stereocenters. The van der Waals surface area contributed by atoms with Gasteiger partial charge in [-0.25, -0.2) is 0 Å². The molecule has 1 nitrogen and oxygen atoms in total. The first-order chi connectivity index (χ1) is 6.31. The summed E-state index contributed by atoms with van der Waals surface area (Å²) >= 11 is 0. The van der Waals surface area contributed by atoms with Crippen molar-refractivity contribution in [2.45, 2.75) is 51.9 Å². The lowest BCUT2D eigenvalue weighted by Crippen LogP contribution is -2.23. The fourth-order valence-electron chi connectivity index (χ4n) is 2.62. The molecule has 0 aromatic heterocycles. The maximum atomic E-state index is 11.8. The van der Waals surface area contributed by atoms with Gasteiger partial charge in [0.15, 0.2) is 0 Å². The van der Waals surface area contributed by atoms with Crippen LogP contribution in [0.25, 0.3) is 0 Å². The van der Waals surface area contributed by atoms with Crippen molar-refractivity contribution in [2.75, 3.05) is 0 Å². The Labute approximate surface area is 80.9 Å². The number of rotatable bonds is 3. The van der Waals surface area contributed by atoms with Crippen LogP contribution in [0.3, 0.4) is 0 Å². The predicted molar refractivity (Wildman–Crippen MR) is 53.5 cm³/mol. The molecule has 2 aliphatic rings. The minimum absolute atomic E-state index is 0.450. The minimum atomic E-state index is 0.450. The second-order valence-electron chi connectivity index (χ2n) is 4.81. The summed E-state index contributed by atoms with van der Waals surface area (Å²) in [6.07, 6.45) is 8.69. The molecule has 1 heteroatoms. The Morgan fingerprint density at radius 3 is 2.54 bits per heavy atom. The van der Waals surface area contributed by atoms with Gasteiger partial charge in [-0.05, 0) is 31.6 Å². The van der Waals surface area contributed by atoms with Crippen molar-refractivity contribution < 1.29 is 4.79 Å². The molecule has 0 heterocycles. The number of carbonyl (C=O) groups excluding carboxylic acids is 1. The Kier molecular flexibility index (Phi) is 2.71. The average Bonchev–Trinajstić information content (AvgIpc) is 3.00. The number of hydrogen-bond acceptors (Lipinski definition) is 1. The lowest BCUT2D eigenvalue weighted by molar-refractivity contribution is -0.125. The molecule has 0 aromatic rings. The van der Waals surface area contributed by atoms with Crippen molar-refractivity contribution in [3.05, 3.63) is 0 Å². The molecule has 2 unspecified atom stereocenters. The van der Waals surface area contributed by atoms with Crippen molar-refractivity contribution in [3.63, 3.8) is 0 Å². The van der Waals surface area contributed by atoms with Gasteiger partial charge in [0.25, 0.3) is 0 Å². The highest BCUT2D eigenvalue weighted by atomic mass is 16.1. The van der Waals surface area contributed by atoms with Crippen LogP contribution in [0.5, 0.6) is 0 Å². The van der Waals surface area contributed by atoms with E-state index in [1.165, 1.54) is 44.9 Å². The van der Waals surface area contributed by atoms with E-state index < -0.39 is 0 Å². The monoisotopic (exact) mass is 180 g/mol. The van der Waals surface area contributed by atoms with E-state index in [-0.39, 0.29) is 0 Å². The van der Waals surface area contributed by atoms with Crippen LogP contribution in [-0.2, 0) is 4.79 Å². The van der Waals surface area contributed by atoms with Crippen molar-refractivity contribution in [3.8, 4) is 0 Å². The Bertz CT molecular complexity index is 193. The Balaban J connectivity index is 1.87. The van der Waals surface area contributed by atoms with Crippen LogP contribution in [0.4, 0.5) is 0 Å². The van der Waals surface area contributed by atoms with E-state index in [0.29, 0.717) is 17.6 Å². The Morgan fingerprint density at radius 1 is 1.15 bits per heavy atom. The van der Waals surface area contributed by atoms with E-state index >= 15 is 0 Å². The van der Waals surface area contributed by atoms with Gasteiger partial charge >= 0.3 is 0 Å². The average molecular weight is 180 g/mol. The molecule has 0 bridgehead atoms. The summed E-state index contributed by atoms with van der Waals surface area (Å²) in [5.41, 5.74) is 0. The van der Waals surface area contributed by atoms with Crippen LogP contribution in [-0.4, -0.2) is 5.78 Å². The summed E-state index contributed by atoms with van der Waals surface area (Å²) < 4.78 is 0. The SMILES string of the molecule is CCC1CCCC(C(=O)C2CC2)C1. The van der Waals surface area contributed by atoms with Gasteiger partial charge < -0.3 is 0 Å². The summed E-state index contributed by atoms with van der Waals surface area (Å²) in [5.74, 6) is 2.39. The van der Waals surface area contributed by atoms with Gasteiger partial charge in [-0.2, -0.15) is 0 Å². The molecule has 74 valence electrons. The van der Waals surface area contributed by atoms with E-state index in [4.69, 9.17) is 0 Å². The van der Waals surface area contributed by atoms with Crippen LogP contribution in [0.2, 0.25) is 0 Å². The maximum Gasteiger partial charge on any atom is 0.139 e. The molecule has 13 heavy (non-hydrogen) atoms. The zero-order chi connectivity index (χ0) is 9.26. The number of carbonyl (C=O) groups is 1. The zero-order valence-electron chi connectivity index (χ0n) is 8.59. The second kappa shape index (κ2) is 3.81. The number of Topliss-reactive ketones (excluding diaryl/α,β-unsaturated/α-hetero) is 1. The van der Waals surface area contributed by atoms with E-state index in [9.17, 15) is 4.79 Å². The lowest BCUT2D eigenvalue weighted by Gasteiger charge is -2.27. The molecule has 0 N–H and O–H groups in total. The molecule has 0 spiro atoms. The van der Waals surface area contributed by atoms with Gasteiger partial charge in [-0.1, -0.05) is 26.2 Å². The van der Waals surface area contributed by atoms with Crippen LogP contribution >= 0.6 is 0 Å². The van der Waals surface area contributed by atoms with Gasteiger partial charge in [0, 0.05) is 11.8 Å². The van der Waals surface area contributed by atoms with Crippen LogP contribution in [0.1, 0.15) is 51.9 Å². The topological polar surface area (TPSA) is 17.1 Å². The standard InChI is InChI=1S/C12H20O/c1-2-9-4-3-5-11(8-9)12(13)10-6-7-10/h9-11H,2-8H2,1H3. The highest BCUT2D eigenvalue weighted by molar-refractivity contribution is 5.85. The predicted octanol–water partition coefficient (Wildman–Crippen LogP) is 3.18. The second-order valence-corrected chi connectivity index (χ2v) is 4.81. The van der Waals surface area contributed by atoms with Crippen LogP contribution < -0.4 is 0 Å². The largest absolute Gasteiger partial charge is 0.299 e. The molecular weight excluding hydrogens is 160 g/mol. The fourth-order valence-corrected chi connectivity index (χ4v) is 2.62. The van der Waals surface area contributed by atoms with Crippen LogP contribution in [0, 0.1) is 17.8 Å². The molecule has 2 aliphatic carbocycles. The summed E-state index contributed by atoms with van der Waals surface area (Å²) in [5, 5.41) is 0. The summed E-state index contributed by atoms with van der Waals surface area (Å²) in [7, 11) is 0. The first-order valence-electron chi connectivity index (χ1n) is 5.85. The molecular formula is C12H20O. The summed E-state index contributed by atoms with van der Waals surface area (Å²) in [6, 6.07) is 0. The quantitative estimate of drug-likeness (QED) is 0.652. The number of ketones is 1. The maximum absolute atomic E-state index is 11.8. The molecule has 0 radical (unpaired) electrons. The molecule has 2 fully saturated rings. The van der Waals surface area contributed by atoms with Gasteiger partial charge in [0.2, 0.25) is 0 Å². The highest BCUT2D eigenvalue weighted by Gasteiger charge is 2.36. The lowest BCUT2D eigenvalue weighted by atomic mass is 9.77. The third kappa shape index (κ3) is 2.12. The van der Waals surface area contributed by atoms with Crippen molar-refractivity contribution in [2.24, 2.45) is 17.8 Å². The minimum Gasteiger partial charge on any atom is -0.299 e. The smallest absolute Gasteiger partial charge is 0.139 e. The Morgan fingerprint density at radius 2 is 1.92 bits per heavy atom. The molecule has 0 aliphatic heterocycles. The summed E-state index contributed by atoms with van der Waals surface area (Å²) in [4.78, 5) is 11.8. The van der Waals surface area contributed by atoms with Gasteiger partial charge in [0.1, 0.15) is 5.78 Å². The zero-order valence-corrected chi connectivity index (χ0v) is 8.59. The normalized spacial score (nSPS) is 34.5. The summed E-state index contributed by atoms with van der Waals surface area (Å²) in [6.45, 7) is 2.26.